The van der Waals surface area contributed by atoms with Crippen LogP contribution in [0.5, 0.6) is 0 Å². The maximum atomic E-state index is 12.9. The highest BCUT2D eigenvalue weighted by Gasteiger charge is 2.42. The largest absolute Gasteiger partial charge is 0.381 e. The quantitative estimate of drug-likeness (QED) is 0.870. The number of nitrogens with one attached hydrogen (secondary N) is 1. The van der Waals surface area contributed by atoms with Crippen LogP contribution in [-0.2, 0) is 0 Å². The van der Waals surface area contributed by atoms with E-state index in [0.717, 1.165) is 10.2 Å². The second kappa shape index (κ2) is 3.78. The molecule has 1 aliphatic rings. The molecule has 3 heteroatoms. The molecule has 1 aliphatic carbocycles. The lowest BCUT2D eigenvalue weighted by molar-refractivity contribution is 0.493. The van der Waals surface area contributed by atoms with Crippen LogP contribution in [0.1, 0.15) is 26.7 Å². The summed E-state index contributed by atoms with van der Waals surface area (Å²) in [6.07, 6.45) is 2.56. The van der Waals surface area contributed by atoms with Crippen molar-refractivity contribution in [3.05, 3.63) is 28.5 Å². The summed E-state index contributed by atoms with van der Waals surface area (Å²) in [4.78, 5) is 0. The van der Waals surface area contributed by atoms with E-state index in [4.69, 9.17) is 0 Å². The van der Waals surface area contributed by atoms with Gasteiger partial charge in [-0.1, -0.05) is 6.92 Å². The minimum atomic E-state index is -0.210. The fraction of sp³-hybridized carbons (Fsp3) is 0.500. The monoisotopic (exact) mass is 271 g/mol. The molecule has 0 radical (unpaired) electrons. The number of benzene rings is 1. The van der Waals surface area contributed by atoms with Crippen LogP contribution in [0, 0.1) is 11.2 Å². The van der Waals surface area contributed by atoms with Gasteiger partial charge in [-0.2, -0.15) is 0 Å². The van der Waals surface area contributed by atoms with Crippen LogP contribution in [0.4, 0.5) is 10.1 Å². The van der Waals surface area contributed by atoms with E-state index in [1.807, 2.05) is 0 Å². The van der Waals surface area contributed by atoms with Gasteiger partial charge in [-0.3, -0.25) is 0 Å². The average molecular weight is 272 g/mol. The summed E-state index contributed by atoms with van der Waals surface area (Å²) in [5, 5.41) is 3.43. The summed E-state index contributed by atoms with van der Waals surface area (Å²) >= 11 is 3.36. The van der Waals surface area contributed by atoms with Crippen molar-refractivity contribution in [3.8, 4) is 0 Å². The van der Waals surface area contributed by atoms with E-state index in [9.17, 15) is 4.39 Å². The van der Waals surface area contributed by atoms with Gasteiger partial charge >= 0.3 is 0 Å². The van der Waals surface area contributed by atoms with Gasteiger partial charge in [-0.25, -0.2) is 4.39 Å². The highest BCUT2D eigenvalue weighted by atomic mass is 79.9. The van der Waals surface area contributed by atoms with E-state index in [1.165, 1.54) is 25.0 Å². The van der Waals surface area contributed by atoms with Crippen molar-refractivity contribution in [2.45, 2.75) is 32.7 Å². The Labute approximate surface area is 98.2 Å². The second-order valence-corrected chi connectivity index (χ2v) is 5.50. The first-order chi connectivity index (χ1) is 7.01. The number of hydrogen-bond acceptors (Lipinski definition) is 1. The fourth-order valence-corrected chi connectivity index (χ4v) is 2.11. The Kier molecular flexibility index (Phi) is 2.75. The Morgan fingerprint density at radius 3 is 2.67 bits per heavy atom. The maximum Gasteiger partial charge on any atom is 0.124 e. The van der Waals surface area contributed by atoms with Crippen molar-refractivity contribution >= 4 is 21.6 Å². The van der Waals surface area contributed by atoms with Crippen LogP contribution >= 0.6 is 15.9 Å². The Morgan fingerprint density at radius 2 is 2.13 bits per heavy atom. The number of rotatable bonds is 3. The third-order valence-corrected chi connectivity index (χ3v) is 4.04. The van der Waals surface area contributed by atoms with Gasteiger partial charge in [-0.15, -0.1) is 0 Å². The van der Waals surface area contributed by atoms with Crippen molar-refractivity contribution in [1.82, 2.24) is 0 Å². The van der Waals surface area contributed by atoms with E-state index < -0.39 is 0 Å². The zero-order valence-electron chi connectivity index (χ0n) is 8.98. The van der Waals surface area contributed by atoms with Crippen LogP contribution in [0.15, 0.2) is 22.7 Å². The van der Waals surface area contributed by atoms with E-state index in [0.29, 0.717) is 11.5 Å². The molecule has 0 spiro atoms. The van der Waals surface area contributed by atoms with Crippen LogP contribution in [0.3, 0.4) is 0 Å². The molecule has 82 valence electrons. The molecule has 1 aromatic carbocycles. The van der Waals surface area contributed by atoms with Crippen LogP contribution < -0.4 is 5.32 Å². The molecule has 0 amide bonds. The van der Waals surface area contributed by atoms with E-state index in [2.05, 4.69) is 35.1 Å². The van der Waals surface area contributed by atoms with Gasteiger partial charge < -0.3 is 5.32 Å². The Hall–Kier alpha value is -0.570. The summed E-state index contributed by atoms with van der Waals surface area (Å²) in [6, 6.07) is 5.18. The fourth-order valence-electron chi connectivity index (χ4n) is 1.64. The standard InChI is InChI=1S/C12H15BrFN/c1-8(12(2)5-6-12)15-11-4-3-9(14)7-10(11)13/h3-4,7-8,15H,5-6H2,1-2H3. The molecule has 1 N–H and O–H groups in total. The SMILES string of the molecule is CC(Nc1ccc(F)cc1Br)C1(C)CC1. The molecule has 1 saturated carbocycles. The number of halogens is 2. The van der Waals surface area contributed by atoms with Gasteiger partial charge in [0.25, 0.3) is 0 Å². The molecular weight excluding hydrogens is 257 g/mol. The molecule has 15 heavy (non-hydrogen) atoms. The average Bonchev–Trinajstić information content (AvgIpc) is 2.90. The lowest BCUT2D eigenvalue weighted by atomic mass is 10.0. The Morgan fingerprint density at radius 1 is 1.47 bits per heavy atom. The molecule has 1 atom stereocenters. The van der Waals surface area contributed by atoms with Gasteiger partial charge in [0, 0.05) is 16.2 Å². The van der Waals surface area contributed by atoms with Gasteiger partial charge in [0.15, 0.2) is 0 Å². The molecule has 0 aliphatic heterocycles. The minimum Gasteiger partial charge on any atom is -0.381 e. The van der Waals surface area contributed by atoms with Crippen LogP contribution in [-0.4, -0.2) is 6.04 Å². The molecule has 1 unspecified atom stereocenters. The summed E-state index contributed by atoms with van der Waals surface area (Å²) in [6.45, 7) is 4.46. The van der Waals surface area contributed by atoms with Gasteiger partial charge in [0.2, 0.25) is 0 Å². The van der Waals surface area contributed by atoms with Crippen molar-refractivity contribution in [3.63, 3.8) is 0 Å². The number of hydrogen-bond donors (Lipinski definition) is 1. The first-order valence-electron chi connectivity index (χ1n) is 5.23. The first-order valence-corrected chi connectivity index (χ1v) is 6.02. The van der Waals surface area contributed by atoms with Crippen LogP contribution in [0.2, 0.25) is 0 Å². The molecule has 0 saturated heterocycles. The van der Waals surface area contributed by atoms with Crippen molar-refractivity contribution in [2.24, 2.45) is 5.41 Å². The zero-order valence-corrected chi connectivity index (χ0v) is 10.6. The molecule has 1 aromatic rings. The van der Waals surface area contributed by atoms with E-state index >= 15 is 0 Å². The molecule has 0 aromatic heterocycles. The van der Waals surface area contributed by atoms with Crippen LogP contribution in [0.25, 0.3) is 0 Å². The first kappa shape index (κ1) is 10.9. The highest BCUT2D eigenvalue weighted by molar-refractivity contribution is 9.10. The molecule has 1 fully saturated rings. The van der Waals surface area contributed by atoms with Gasteiger partial charge in [0.05, 0.1) is 0 Å². The Bertz CT molecular complexity index is 374. The van der Waals surface area contributed by atoms with Crippen molar-refractivity contribution in [2.75, 3.05) is 5.32 Å². The van der Waals surface area contributed by atoms with Crippen molar-refractivity contribution < 1.29 is 4.39 Å². The summed E-state index contributed by atoms with van der Waals surface area (Å²) in [5.74, 6) is -0.210. The third kappa shape index (κ3) is 2.33. The second-order valence-electron chi connectivity index (χ2n) is 4.64. The molecule has 0 heterocycles. The lowest BCUT2D eigenvalue weighted by Crippen LogP contribution is -2.25. The molecular formula is C12H15BrFN. The third-order valence-electron chi connectivity index (χ3n) is 3.39. The number of anilines is 1. The lowest BCUT2D eigenvalue weighted by Gasteiger charge is -2.22. The van der Waals surface area contributed by atoms with Crippen molar-refractivity contribution in [1.29, 1.82) is 0 Å². The summed E-state index contributed by atoms with van der Waals surface area (Å²) in [5.41, 5.74) is 1.39. The predicted molar refractivity (Wildman–Crippen MR) is 64.5 cm³/mol. The van der Waals surface area contributed by atoms with Gasteiger partial charge in [0.1, 0.15) is 5.82 Å². The zero-order chi connectivity index (χ0) is 11.1. The molecule has 1 nitrogen and oxygen atoms in total. The molecule has 0 bridgehead atoms. The highest BCUT2D eigenvalue weighted by Crippen LogP contribution is 2.49. The maximum absolute atomic E-state index is 12.9. The Balaban J connectivity index is 2.10. The van der Waals surface area contributed by atoms with Gasteiger partial charge in [-0.05, 0) is 59.3 Å². The molecule has 2 rings (SSSR count). The smallest absolute Gasteiger partial charge is 0.124 e. The normalized spacial score (nSPS) is 19.7. The summed E-state index contributed by atoms with van der Waals surface area (Å²) in [7, 11) is 0. The van der Waals surface area contributed by atoms with E-state index in [1.54, 1.807) is 6.07 Å². The van der Waals surface area contributed by atoms with E-state index in [-0.39, 0.29) is 5.82 Å². The summed E-state index contributed by atoms with van der Waals surface area (Å²) < 4.78 is 13.7. The topological polar surface area (TPSA) is 12.0 Å². The predicted octanol–water partition coefficient (Wildman–Crippen LogP) is 4.19. The minimum absolute atomic E-state index is 0.210.